The molecule has 0 radical (unpaired) electrons. The molecular weight excluding hydrogens is 448 g/mol. The number of hydrogen-bond donors (Lipinski definition) is 1. The number of fused-ring (bicyclic) bond motifs is 2. The maximum absolute atomic E-state index is 13.6. The predicted molar refractivity (Wildman–Crippen MR) is 113 cm³/mol. The van der Waals surface area contributed by atoms with E-state index >= 15 is 0 Å². The van der Waals surface area contributed by atoms with Gasteiger partial charge in [0.25, 0.3) is 0 Å². The molecule has 1 saturated carbocycles. The van der Waals surface area contributed by atoms with E-state index in [0.29, 0.717) is 11.1 Å². The Hall–Kier alpha value is -3.14. The Bertz CT molecular complexity index is 1040. The quantitative estimate of drug-likeness (QED) is 0.390. The van der Waals surface area contributed by atoms with Crippen LogP contribution in [0.2, 0.25) is 0 Å². The Morgan fingerprint density at radius 2 is 1.85 bits per heavy atom. The number of rotatable bonds is 4. The van der Waals surface area contributed by atoms with Crippen LogP contribution in [0.5, 0.6) is 0 Å². The highest BCUT2D eigenvalue weighted by atomic mass is 16.6. The van der Waals surface area contributed by atoms with E-state index in [-0.39, 0.29) is 25.7 Å². The van der Waals surface area contributed by atoms with Crippen LogP contribution in [-0.4, -0.2) is 54.9 Å². The molecule has 0 bridgehead atoms. The highest BCUT2D eigenvalue weighted by molar-refractivity contribution is 5.95. The van der Waals surface area contributed by atoms with E-state index in [1.165, 1.54) is 12.5 Å². The maximum Gasteiger partial charge on any atom is 0.343 e. The van der Waals surface area contributed by atoms with Gasteiger partial charge in [0, 0.05) is 18.9 Å². The summed E-state index contributed by atoms with van der Waals surface area (Å²) in [4.78, 5) is 52.1. The first kappa shape index (κ1) is 24.0. The predicted octanol–water partition coefficient (Wildman–Crippen LogP) is 2.01. The summed E-state index contributed by atoms with van der Waals surface area (Å²) in [5.74, 6) is -4.23. The number of methoxy groups -OCH3 is 2. The zero-order chi connectivity index (χ0) is 24.9. The molecule has 1 aliphatic heterocycles. The Morgan fingerprint density at radius 3 is 2.44 bits per heavy atom. The summed E-state index contributed by atoms with van der Waals surface area (Å²) in [6.07, 6.45) is 2.84. The second-order valence-electron chi connectivity index (χ2n) is 9.17. The van der Waals surface area contributed by atoms with Gasteiger partial charge < -0.3 is 28.5 Å². The smallest absolute Gasteiger partial charge is 0.343 e. The zero-order valence-electron chi connectivity index (χ0n) is 19.5. The number of allylic oxidation sites excluding steroid dienone is 1. The second-order valence-corrected chi connectivity index (χ2v) is 9.17. The van der Waals surface area contributed by atoms with Crippen LogP contribution < -0.4 is 0 Å². The molecule has 1 aromatic heterocycles. The van der Waals surface area contributed by atoms with Crippen molar-refractivity contribution in [3.8, 4) is 0 Å². The molecule has 0 amide bonds. The molecular formula is C24H28O10. The fourth-order valence-electron chi connectivity index (χ4n) is 6.34. The van der Waals surface area contributed by atoms with Crippen LogP contribution >= 0.6 is 0 Å². The Balaban J connectivity index is 1.93. The third-order valence-electron chi connectivity index (χ3n) is 7.88. The highest BCUT2D eigenvalue weighted by Gasteiger charge is 2.78. The SMILES string of the molecule is COC(=O)[C@@]1(O)[C@@H](OC(C)=O)CC[C@@H]2[C@@]3(C[C@H](c4ccoc4)OC3=O)C(C)=CC[C@@]21C(=O)OC. The molecule has 1 spiro atoms. The van der Waals surface area contributed by atoms with E-state index in [0.717, 1.165) is 21.1 Å². The first-order chi connectivity index (χ1) is 16.1. The Kier molecular flexibility index (Phi) is 5.83. The van der Waals surface area contributed by atoms with Crippen LogP contribution in [0.15, 0.2) is 34.7 Å². The number of carbonyl (C=O) groups is 4. The van der Waals surface area contributed by atoms with Crippen LogP contribution in [0.4, 0.5) is 0 Å². The van der Waals surface area contributed by atoms with Gasteiger partial charge in [-0.1, -0.05) is 11.6 Å². The lowest BCUT2D eigenvalue weighted by Crippen LogP contribution is -2.73. The van der Waals surface area contributed by atoms with Crippen molar-refractivity contribution in [2.75, 3.05) is 14.2 Å². The molecule has 1 aromatic rings. The van der Waals surface area contributed by atoms with Gasteiger partial charge in [-0.3, -0.25) is 14.4 Å². The molecule has 0 aromatic carbocycles. The normalized spacial score (nSPS) is 36.8. The summed E-state index contributed by atoms with van der Waals surface area (Å²) in [7, 11) is 2.21. The van der Waals surface area contributed by atoms with E-state index in [4.69, 9.17) is 23.4 Å². The Morgan fingerprint density at radius 1 is 1.15 bits per heavy atom. The molecule has 1 saturated heterocycles. The molecule has 34 heavy (non-hydrogen) atoms. The van der Waals surface area contributed by atoms with E-state index in [1.54, 1.807) is 19.1 Å². The highest BCUT2D eigenvalue weighted by Crippen LogP contribution is 2.67. The van der Waals surface area contributed by atoms with Crippen molar-refractivity contribution in [2.24, 2.45) is 16.7 Å². The molecule has 10 heteroatoms. The van der Waals surface area contributed by atoms with Crippen LogP contribution in [0, 0.1) is 16.7 Å². The van der Waals surface area contributed by atoms with Crippen molar-refractivity contribution in [3.05, 3.63) is 35.8 Å². The largest absolute Gasteiger partial charge is 0.472 e. The summed E-state index contributed by atoms with van der Waals surface area (Å²) in [6.45, 7) is 2.92. The molecule has 0 unspecified atom stereocenters. The van der Waals surface area contributed by atoms with Crippen molar-refractivity contribution >= 4 is 23.9 Å². The fourth-order valence-corrected chi connectivity index (χ4v) is 6.34. The topological polar surface area (TPSA) is 139 Å². The number of esters is 4. The van der Waals surface area contributed by atoms with Gasteiger partial charge in [0.15, 0.2) is 0 Å². The first-order valence-electron chi connectivity index (χ1n) is 11.1. The van der Waals surface area contributed by atoms with Gasteiger partial charge in [-0.15, -0.1) is 0 Å². The molecule has 2 aliphatic carbocycles. The van der Waals surface area contributed by atoms with Gasteiger partial charge in [0.1, 0.15) is 17.6 Å². The zero-order valence-corrected chi connectivity index (χ0v) is 19.5. The van der Waals surface area contributed by atoms with Crippen LogP contribution in [0.1, 0.15) is 51.2 Å². The fraction of sp³-hybridized carbons (Fsp3) is 0.583. The minimum atomic E-state index is -2.60. The molecule has 3 aliphatic rings. The van der Waals surface area contributed by atoms with Gasteiger partial charge in [-0.2, -0.15) is 0 Å². The summed E-state index contributed by atoms with van der Waals surface area (Å²) in [5.41, 5.74) is -4.55. The van der Waals surface area contributed by atoms with Crippen molar-refractivity contribution < 1.29 is 47.6 Å². The van der Waals surface area contributed by atoms with Crippen LogP contribution in [0.25, 0.3) is 0 Å². The van der Waals surface area contributed by atoms with E-state index in [9.17, 15) is 24.3 Å². The number of carbonyl (C=O) groups excluding carboxylic acids is 4. The number of cyclic esters (lactones) is 1. The lowest BCUT2D eigenvalue weighted by Gasteiger charge is -2.58. The second kappa shape index (κ2) is 8.26. The summed E-state index contributed by atoms with van der Waals surface area (Å²) < 4.78 is 26.3. The van der Waals surface area contributed by atoms with Gasteiger partial charge in [0.2, 0.25) is 5.60 Å². The molecule has 184 valence electrons. The maximum atomic E-state index is 13.6. The van der Waals surface area contributed by atoms with Gasteiger partial charge >= 0.3 is 23.9 Å². The standard InChI is InChI=1S/C24H28O10/c1-13-7-9-23(20(27)30-3)17(5-6-18(33-14(2)25)24(23,29)21(28)31-4)22(13)11-16(34-19(22)26)15-8-10-32-12-15/h7-8,10,12,16-18,29H,5-6,9,11H2,1-4H3/t16-,17-,18+,22-,23+,24+/m1/s1. The molecule has 10 nitrogen and oxygen atoms in total. The summed E-state index contributed by atoms with van der Waals surface area (Å²) in [5, 5.41) is 12.0. The first-order valence-corrected chi connectivity index (χ1v) is 11.1. The average Bonchev–Trinajstić information content (AvgIpc) is 3.46. The number of aliphatic hydroxyl groups is 1. The van der Waals surface area contributed by atoms with Gasteiger partial charge in [-0.05, 0) is 38.2 Å². The van der Waals surface area contributed by atoms with E-state index < -0.39 is 58.4 Å². The van der Waals surface area contributed by atoms with Crippen molar-refractivity contribution in [1.29, 1.82) is 0 Å². The number of ether oxygens (including phenoxy) is 4. The third-order valence-corrected chi connectivity index (χ3v) is 7.88. The average molecular weight is 476 g/mol. The summed E-state index contributed by atoms with van der Waals surface area (Å²) in [6, 6.07) is 1.69. The van der Waals surface area contributed by atoms with Gasteiger partial charge in [0.05, 0.1) is 32.2 Å². The Labute approximate surface area is 196 Å². The lowest BCUT2D eigenvalue weighted by atomic mass is 9.44. The molecule has 1 N–H and O–H groups in total. The minimum Gasteiger partial charge on any atom is -0.472 e. The van der Waals surface area contributed by atoms with Gasteiger partial charge in [-0.25, -0.2) is 4.79 Å². The number of hydrogen-bond acceptors (Lipinski definition) is 10. The van der Waals surface area contributed by atoms with E-state index in [2.05, 4.69) is 0 Å². The van der Waals surface area contributed by atoms with Crippen LogP contribution in [0.3, 0.4) is 0 Å². The number of furan rings is 1. The third kappa shape index (κ3) is 2.97. The molecule has 2 fully saturated rings. The van der Waals surface area contributed by atoms with Crippen molar-refractivity contribution in [1.82, 2.24) is 0 Å². The van der Waals surface area contributed by atoms with E-state index in [1.807, 2.05) is 0 Å². The van der Waals surface area contributed by atoms with Crippen molar-refractivity contribution in [2.45, 2.75) is 57.3 Å². The minimum absolute atomic E-state index is 0.0211. The molecule has 4 rings (SSSR count). The lowest BCUT2D eigenvalue weighted by molar-refractivity contribution is -0.247. The molecule has 6 atom stereocenters. The molecule has 2 heterocycles. The van der Waals surface area contributed by atoms with Crippen LogP contribution in [-0.2, 0) is 38.1 Å². The monoisotopic (exact) mass is 476 g/mol. The summed E-state index contributed by atoms with van der Waals surface area (Å²) >= 11 is 0. The van der Waals surface area contributed by atoms with Crippen molar-refractivity contribution in [3.63, 3.8) is 0 Å².